The van der Waals surface area contributed by atoms with E-state index < -0.39 is 63.1 Å². The van der Waals surface area contributed by atoms with E-state index in [-0.39, 0.29) is 29.6 Å². The van der Waals surface area contributed by atoms with E-state index in [0.717, 1.165) is 6.92 Å². The minimum atomic E-state index is -4.22. The topological polar surface area (TPSA) is 167 Å². The van der Waals surface area contributed by atoms with E-state index in [9.17, 15) is 27.9 Å². The summed E-state index contributed by atoms with van der Waals surface area (Å²) >= 11 is 0. The van der Waals surface area contributed by atoms with E-state index in [1.54, 1.807) is 0 Å². The zero-order valence-electron chi connectivity index (χ0n) is 11.9. The first-order chi connectivity index (χ1) is 9.59. The number of carbonyl (C=O) groups excluding carboxylic acids is 3. The molecule has 2 fully saturated rings. The van der Waals surface area contributed by atoms with Crippen molar-refractivity contribution in [1.29, 1.82) is 0 Å². The van der Waals surface area contributed by atoms with Crippen molar-refractivity contribution in [3.8, 4) is 0 Å². The molecule has 0 aliphatic carbocycles. The summed E-state index contributed by atoms with van der Waals surface area (Å²) in [5, 5.41) is 18.9. The van der Waals surface area contributed by atoms with E-state index in [0.29, 0.717) is 4.90 Å². The number of sulfone groups is 1. The van der Waals surface area contributed by atoms with Gasteiger partial charge in [0.25, 0.3) is 0 Å². The van der Waals surface area contributed by atoms with E-state index >= 15 is 0 Å². The Balaban J connectivity index is 0.00000242. The molecule has 12 heteroatoms. The van der Waals surface area contributed by atoms with E-state index in [1.807, 2.05) is 0 Å². The molecule has 0 aromatic rings. The summed E-state index contributed by atoms with van der Waals surface area (Å²) < 4.78 is 27.3. The second-order valence-corrected chi connectivity index (χ2v) is 7.62. The minimum Gasteiger partial charge on any atom is -0.548 e. The van der Waals surface area contributed by atoms with Gasteiger partial charge in [-0.2, -0.15) is 0 Å². The van der Waals surface area contributed by atoms with E-state index in [1.165, 1.54) is 0 Å². The third-order valence-electron chi connectivity index (χ3n) is 3.94. The molecule has 0 aromatic heterocycles. The molecule has 2 aliphatic rings. The first-order valence-electron chi connectivity index (χ1n) is 5.89. The number of hydrogen-bond donors (Lipinski definition) is 2. The summed E-state index contributed by atoms with van der Waals surface area (Å²) in [6.45, 7) is -0.529. The zero-order chi connectivity index (χ0) is 16.2. The number of rotatable bonds is 4. The average Bonchev–Trinajstić information content (AvgIpc) is 2.52. The molecule has 0 aromatic carbocycles. The van der Waals surface area contributed by atoms with Crippen LogP contribution in [0.3, 0.4) is 0 Å². The van der Waals surface area contributed by atoms with Gasteiger partial charge in [0, 0.05) is 0 Å². The van der Waals surface area contributed by atoms with Gasteiger partial charge in [0.05, 0.1) is 24.5 Å². The number of hydrogen-bond acceptors (Lipinski definition) is 8. The Hall–Kier alpha value is -0.880. The Kier molecular flexibility index (Phi) is 5.20. The van der Waals surface area contributed by atoms with Crippen LogP contribution < -0.4 is 40.4 Å². The standard InChI is InChI=1S/C10H14N2O8S.Na/c1-10(3-20-9(11)17)5(8(15)16)12-6(14)4(2-13)7(12)21(10,18)19;/h4-5,7,13H,2-3H2,1H3,(H2,11,17)(H,15,16);/q;+1/p-1/t4-,5+,7-,10+;/m1./s1. The van der Waals surface area contributed by atoms with Crippen molar-refractivity contribution >= 4 is 27.8 Å². The maximum absolute atomic E-state index is 12.5. The fraction of sp³-hybridized carbons (Fsp3) is 0.700. The van der Waals surface area contributed by atoms with Crippen molar-refractivity contribution in [1.82, 2.24) is 4.90 Å². The number of β-lactam (4-membered cyclic amide) rings is 1. The Morgan fingerprint density at radius 2 is 2.05 bits per heavy atom. The van der Waals surface area contributed by atoms with Gasteiger partial charge < -0.3 is 30.4 Å². The van der Waals surface area contributed by atoms with Crippen LogP contribution in [0.15, 0.2) is 0 Å². The fourth-order valence-corrected chi connectivity index (χ4v) is 5.28. The molecule has 2 aliphatic heterocycles. The molecule has 0 saturated carbocycles. The summed E-state index contributed by atoms with van der Waals surface area (Å²) in [6.07, 6.45) is -1.28. The molecule has 10 nitrogen and oxygen atoms in total. The minimum absolute atomic E-state index is 0. The smallest absolute Gasteiger partial charge is 0.548 e. The van der Waals surface area contributed by atoms with Crippen LogP contribution in [0.1, 0.15) is 6.92 Å². The number of carbonyl (C=O) groups is 3. The molecule has 118 valence electrons. The zero-order valence-corrected chi connectivity index (χ0v) is 14.7. The largest absolute Gasteiger partial charge is 1.00 e. The first-order valence-corrected chi connectivity index (χ1v) is 7.43. The maximum Gasteiger partial charge on any atom is 1.00 e. The van der Waals surface area contributed by atoms with Gasteiger partial charge >= 0.3 is 35.7 Å². The Labute approximate surface area is 147 Å². The van der Waals surface area contributed by atoms with Crippen molar-refractivity contribution in [3.63, 3.8) is 0 Å². The van der Waals surface area contributed by atoms with Gasteiger partial charge in [-0.1, -0.05) is 0 Å². The van der Waals surface area contributed by atoms with E-state index in [4.69, 9.17) is 10.8 Å². The molecule has 3 N–H and O–H groups in total. The van der Waals surface area contributed by atoms with Crippen molar-refractivity contribution in [2.45, 2.75) is 23.1 Å². The third-order valence-corrected chi connectivity index (χ3v) is 6.77. The van der Waals surface area contributed by atoms with Gasteiger partial charge in [-0.15, -0.1) is 0 Å². The summed E-state index contributed by atoms with van der Waals surface area (Å²) in [7, 11) is -4.22. The monoisotopic (exact) mass is 344 g/mol. The van der Waals surface area contributed by atoms with Crippen molar-refractivity contribution in [2.75, 3.05) is 13.2 Å². The number of primary amides is 1. The SMILES string of the molecule is C[C@]1(COC(N)=O)[C@H](C(=O)[O-])N2C(=O)[C@@H](CO)[C@H]2S1(=O)=O.[Na+]. The molecule has 2 amide bonds. The van der Waals surface area contributed by atoms with Crippen LogP contribution in [0.25, 0.3) is 0 Å². The summed E-state index contributed by atoms with van der Waals surface area (Å²) in [6, 6.07) is -1.82. The summed E-state index contributed by atoms with van der Waals surface area (Å²) in [5.41, 5.74) is 4.77. The molecule has 22 heavy (non-hydrogen) atoms. The number of carboxylic acids is 1. The number of aliphatic hydroxyl groups is 1. The van der Waals surface area contributed by atoms with Crippen LogP contribution in [0, 0.1) is 5.92 Å². The molecule has 2 rings (SSSR count). The Morgan fingerprint density at radius 1 is 1.50 bits per heavy atom. The van der Waals surface area contributed by atoms with Crippen LogP contribution in [-0.2, 0) is 24.2 Å². The van der Waals surface area contributed by atoms with Crippen LogP contribution in [-0.4, -0.2) is 65.8 Å². The second-order valence-electron chi connectivity index (χ2n) is 5.11. The molecular weight excluding hydrogens is 331 g/mol. The van der Waals surface area contributed by atoms with Gasteiger partial charge in [-0.3, -0.25) is 4.79 Å². The quantitative estimate of drug-likeness (QED) is 0.375. The molecule has 2 saturated heterocycles. The average molecular weight is 344 g/mol. The third kappa shape index (κ3) is 2.31. The molecule has 0 spiro atoms. The second kappa shape index (κ2) is 5.96. The Morgan fingerprint density at radius 3 is 2.45 bits per heavy atom. The normalized spacial score (nSPS) is 35.1. The summed E-state index contributed by atoms with van der Waals surface area (Å²) in [4.78, 5) is 34.4. The molecular formula is C10H13N2NaO8S. The van der Waals surface area contributed by atoms with Crippen molar-refractivity contribution < 1.29 is 67.3 Å². The number of nitrogens with two attached hydrogens (primary N) is 1. The van der Waals surface area contributed by atoms with Gasteiger partial charge in [0.1, 0.15) is 16.7 Å². The molecule has 2 heterocycles. The van der Waals surface area contributed by atoms with Crippen molar-refractivity contribution in [3.05, 3.63) is 0 Å². The first kappa shape index (κ1) is 19.2. The molecule has 0 bridgehead atoms. The van der Waals surface area contributed by atoms with Gasteiger partial charge in [0.2, 0.25) is 5.91 Å². The van der Waals surface area contributed by atoms with Crippen molar-refractivity contribution in [2.24, 2.45) is 11.7 Å². The summed E-state index contributed by atoms with van der Waals surface area (Å²) in [5.74, 6) is -3.82. The van der Waals surface area contributed by atoms with Crippen LogP contribution in [0.2, 0.25) is 0 Å². The predicted octanol–water partition coefficient (Wildman–Crippen LogP) is -6.83. The van der Waals surface area contributed by atoms with Crippen LogP contribution in [0.5, 0.6) is 0 Å². The Bertz CT molecular complexity index is 622. The number of amides is 2. The number of fused-ring (bicyclic) bond motifs is 1. The molecule has 0 unspecified atom stereocenters. The molecule has 0 radical (unpaired) electrons. The van der Waals surface area contributed by atoms with Gasteiger partial charge in [-0.25, -0.2) is 13.2 Å². The van der Waals surface area contributed by atoms with Crippen LogP contribution >= 0.6 is 0 Å². The van der Waals surface area contributed by atoms with E-state index in [2.05, 4.69) is 4.74 Å². The number of ether oxygens (including phenoxy) is 1. The predicted molar refractivity (Wildman–Crippen MR) is 62.9 cm³/mol. The van der Waals surface area contributed by atoms with Gasteiger partial charge in [-0.05, 0) is 6.92 Å². The number of aliphatic carboxylic acids is 1. The fourth-order valence-electron chi connectivity index (χ4n) is 2.82. The molecule has 4 atom stereocenters. The number of carboxylic acid groups (broad SMARTS) is 1. The van der Waals surface area contributed by atoms with Gasteiger partial charge in [0.15, 0.2) is 9.84 Å². The number of aliphatic hydroxyl groups excluding tert-OH is 1. The number of nitrogens with zero attached hydrogens (tertiary/aromatic N) is 1. The van der Waals surface area contributed by atoms with Crippen LogP contribution in [0.4, 0.5) is 4.79 Å². The maximum atomic E-state index is 12.5.